The molecule has 1 rings (SSSR count). The Balaban J connectivity index is 2.76. The van der Waals surface area contributed by atoms with Gasteiger partial charge in [0.25, 0.3) is 5.91 Å². The zero-order valence-electron chi connectivity index (χ0n) is 11.1. The molecule has 0 fully saturated rings. The number of ether oxygens (including phenoxy) is 1. The molecule has 6 heteroatoms. The Morgan fingerprint density at radius 2 is 2.21 bits per heavy atom. The number of nitriles is 1. The van der Waals surface area contributed by atoms with Gasteiger partial charge in [-0.05, 0) is 32.9 Å². The maximum Gasteiger partial charge on any atom is 0.328 e. The van der Waals surface area contributed by atoms with Crippen LogP contribution in [0.5, 0.6) is 0 Å². The molecule has 0 saturated carbocycles. The molecule has 0 aromatic carbocycles. The Kier molecular flexibility index (Phi) is 5.01. The molecular formula is C13H15N3O3. The number of pyridine rings is 1. The highest BCUT2D eigenvalue weighted by molar-refractivity contribution is 5.95. The largest absolute Gasteiger partial charge is 0.464 e. The molecule has 0 aliphatic rings. The Hall–Kier alpha value is -2.42. The molecule has 0 bridgehead atoms. The molecule has 6 nitrogen and oxygen atoms in total. The van der Waals surface area contributed by atoms with Crippen LogP contribution in [-0.2, 0) is 9.53 Å². The van der Waals surface area contributed by atoms with E-state index in [9.17, 15) is 9.59 Å². The number of amides is 1. The molecule has 0 spiro atoms. The molecule has 1 atom stereocenters. The molecular weight excluding hydrogens is 246 g/mol. The van der Waals surface area contributed by atoms with E-state index >= 15 is 0 Å². The van der Waals surface area contributed by atoms with Crippen LogP contribution in [0.3, 0.4) is 0 Å². The first kappa shape index (κ1) is 14.6. The normalized spacial score (nSPS) is 11.3. The highest BCUT2D eigenvalue weighted by atomic mass is 16.5. The van der Waals surface area contributed by atoms with E-state index in [1.54, 1.807) is 13.8 Å². The van der Waals surface area contributed by atoms with Crippen molar-refractivity contribution in [1.29, 1.82) is 5.26 Å². The van der Waals surface area contributed by atoms with Crippen LogP contribution < -0.4 is 5.32 Å². The third-order valence-electron chi connectivity index (χ3n) is 2.43. The summed E-state index contributed by atoms with van der Waals surface area (Å²) in [5, 5.41) is 11.3. The number of aryl methyl sites for hydroxylation is 1. The first-order valence-electron chi connectivity index (χ1n) is 5.84. The monoisotopic (exact) mass is 261 g/mol. The second-order valence-corrected chi connectivity index (χ2v) is 3.89. The number of carbonyl (C=O) groups excluding carboxylic acids is 2. The number of esters is 1. The van der Waals surface area contributed by atoms with Gasteiger partial charge in [0.15, 0.2) is 0 Å². The van der Waals surface area contributed by atoms with Crippen molar-refractivity contribution in [2.75, 3.05) is 6.61 Å². The maximum absolute atomic E-state index is 11.9. The SMILES string of the molecule is CCOC(=O)C(C)NC(=O)c1ccc(C#N)c(C)n1. The number of hydrogen-bond acceptors (Lipinski definition) is 5. The maximum atomic E-state index is 11.9. The van der Waals surface area contributed by atoms with Crippen molar-refractivity contribution in [2.24, 2.45) is 0 Å². The van der Waals surface area contributed by atoms with Crippen molar-refractivity contribution in [1.82, 2.24) is 10.3 Å². The molecule has 0 radical (unpaired) electrons. The van der Waals surface area contributed by atoms with Crippen LogP contribution in [-0.4, -0.2) is 29.5 Å². The standard InChI is InChI=1S/C13H15N3O3/c1-4-19-13(18)9(3)16-12(17)11-6-5-10(7-14)8(2)15-11/h5-6,9H,4H2,1-3H3,(H,16,17). The summed E-state index contributed by atoms with van der Waals surface area (Å²) in [5.41, 5.74) is 1.04. The molecule has 19 heavy (non-hydrogen) atoms. The van der Waals surface area contributed by atoms with Gasteiger partial charge in [0.2, 0.25) is 0 Å². The summed E-state index contributed by atoms with van der Waals surface area (Å²) in [6, 6.07) is 4.19. The highest BCUT2D eigenvalue weighted by Gasteiger charge is 2.18. The van der Waals surface area contributed by atoms with E-state index in [4.69, 9.17) is 10.00 Å². The highest BCUT2D eigenvalue weighted by Crippen LogP contribution is 2.05. The molecule has 0 aliphatic carbocycles. The molecule has 0 saturated heterocycles. The van der Waals surface area contributed by atoms with Crippen molar-refractivity contribution in [3.05, 3.63) is 29.1 Å². The van der Waals surface area contributed by atoms with Gasteiger partial charge in [0.05, 0.1) is 17.9 Å². The predicted octanol–water partition coefficient (Wildman–Crippen LogP) is 0.943. The second kappa shape index (κ2) is 6.50. The average molecular weight is 261 g/mol. The molecule has 1 aromatic rings. The van der Waals surface area contributed by atoms with E-state index in [0.29, 0.717) is 11.3 Å². The minimum Gasteiger partial charge on any atom is -0.464 e. The average Bonchev–Trinajstić information content (AvgIpc) is 2.38. The summed E-state index contributed by atoms with van der Waals surface area (Å²) in [6.07, 6.45) is 0. The van der Waals surface area contributed by atoms with Crippen LogP contribution in [0.15, 0.2) is 12.1 Å². The number of rotatable bonds is 4. The molecule has 1 unspecified atom stereocenters. The van der Waals surface area contributed by atoms with Gasteiger partial charge in [-0.2, -0.15) is 5.26 Å². The fourth-order valence-corrected chi connectivity index (χ4v) is 1.40. The van der Waals surface area contributed by atoms with Crippen molar-refractivity contribution in [3.8, 4) is 6.07 Å². The number of nitrogens with zero attached hydrogens (tertiary/aromatic N) is 2. The van der Waals surface area contributed by atoms with Crippen LogP contribution in [0.25, 0.3) is 0 Å². The van der Waals surface area contributed by atoms with Gasteiger partial charge in [-0.1, -0.05) is 0 Å². The smallest absolute Gasteiger partial charge is 0.328 e. The lowest BCUT2D eigenvalue weighted by atomic mass is 10.2. The zero-order chi connectivity index (χ0) is 14.4. The van der Waals surface area contributed by atoms with Crippen LogP contribution in [0.1, 0.15) is 35.6 Å². The lowest BCUT2D eigenvalue weighted by Crippen LogP contribution is -2.39. The molecule has 100 valence electrons. The lowest BCUT2D eigenvalue weighted by molar-refractivity contribution is -0.144. The Morgan fingerprint density at radius 3 is 2.74 bits per heavy atom. The van der Waals surface area contributed by atoms with Crippen molar-refractivity contribution < 1.29 is 14.3 Å². The van der Waals surface area contributed by atoms with E-state index in [2.05, 4.69) is 10.3 Å². The topological polar surface area (TPSA) is 92.1 Å². The van der Waals surface area contributed by atoms with Crippen LogP contribution in [0.2, 0.25) is 0 Å². The van der Waals surface area contributed by atoms with Gasteiger partial charge in [-0.25, -0.2) is 9.78 Å². The fourth-order valence-electron chi connectivity index (χ4n) is 1.40. The summed E-state index contributed by atoms with van der Waals surface area (Å²) < 4.78 is 4.78. The van der Waals surface area contributed by atoms with E-state index < -0.39 is 17.9 Å². The van der Waals surface area contributed by atoms with E-state index in [0.717, 1.165) is 0 Å². The summed E-state index contributed by atoms with van der Waals surface area (Å²) in [5.74, 6) is -0.977. The Morgan fingerprint density at radius 1 is 1.53 bits per heavy atom. The second-order valence-electron chi connectivity index (χ2n) is 3.89. The first-order valence-corrected chi connectivity index (χ1v) is 5.84. The predicted molar refractivity (Wildman–Crippen MR) is 67.3 cm³/mol. The van der Waals surface area contributed by atoms with Gasteiger partial charge >= 0.3 is 5.97 Å². The van der Waals surface area contributed by atoms with Crippen LogP contribution in [0.4, 0.5) is 0 Å². The molecule has 1 aromatic heterocycles. The Labute approximate surface area is 111 Å². The molecule has 1 amide bonds. The van der Waals surface area contributed by atoms with Gasteiger partial charge in [0, 0.05) is 0 Å². The van der Waals surface area contributed by atoms with E-state index in [-0.39, 0.29) is 12.3 Å². The first-order chi connectivity index (χ1) is 8.99. The number of hydrogen-bond donors (Lipinski definition) is 1. The Bertz CT molecular complexity index is 534. The van der Waals surface area contributed by atoms with Gasteiger partial charge < -0.3 is 10.1 Å². The van der Waals surface area contributed by atoms with Crippen molar-refractivity contribution in [3.63, 3.8) is 0 Å². The lowest BCUT2D eigenvalue weighted by Gasteiger charge is -2.12. The van der Waals surface area contributed by atoms with E-state index in [1.807, 2.05) is 6.07 Å². The minimum atomic E-state index is -0.745. The number of nitrogens with one attached hydrogen (secondary N) is 1. The molecule has 1 heterocycles. The third-order valence-corrected chi connectivity index (χ3v) is 2.43. The van der Waals surface area contributed by atoms with Crippen molar-refractivity contribution >= 4 is 11.9 Å². The summed E-state index contributed by atoms with van der Waals surface area (Å²) in [7, 11) is 0. The zero-order valence-corrected chi connectivity index (χ0v) is 11.1. The summed E-state index contributed by atoms with van der Waals surface area (Å²) in [4.78, 5) is 27.2. The minimum absolute atomic E-state index is 0.160. The van der Waals surface area contributed by atoms with Crippen LogP contribution in [0, 0.1) is 18.3 Å². The summed E-state index contributed by atoms with van der Waals surface area (Å²) in [6.45, 7) is 5.13. The third kappa shape index (κ3) is 3.78. The molecule has 0 aliphatic heterocycles. The number of carbonyl (C=O) groups is 2. The molecule has 1 N–H and O–H groups in total. The quantitative estimate of drug-likeness (QED) is 0.814. The van der Waals surface area contributed by atoms with Gasteiger partial charge in [-0.15, -0.1) is 0 Å². The van der Waals surface area contributed by atoms with E-state index in [1.165, 1.54) is 19.1 Å². The van der Waals surface area contributed by atoms with Crippen LogP contribution >= 0.6 is 0 Å². The van der Waals surface area contributed by atoms with Crippen molar-refractivity contribution in [2.45, 2.75) is 26.8 Å². The van der Waals surface area contributed by atoms with Gasteiger partial charge in [0.1, 0.15) is 17.8 Å². The fraction of sp³-hybridized carbons (Fsp3) is 0.385. The van der Waals surface area contributed by atoms with Gasteiger partial charge in [-0.3, -0.25) is 4.79 Å². The summed E-state index contributed by atoms with van der Waals surface area (Å²) >= 11 is 0. The number of aromatic nitrogens is 1.